The van der Waals surface area contributed by atoms with Gasteiger partial charge in [-0.1, -0.05) is 70.9 Å². The van der Waals surface area contributed by atoms with Crippen molar-refractivity contribution in [2.24, 2.45) is 5.41 Å². The fourth-order valence-electron chi connectivity index (χ4n) is 8.43. The fourth-order valence-corrected chi connectivity index (χ4v) is 9.31. The maximum absolute atomic E-state index is 12.2. The molecule has 12 heteroatoms. The van der Waals surface area contributed by atoms with Crippen LogP contribution in [0.5, 0.6) is 0 Å². The highest BCUT2D eigenvalue weighted by atomic mass is 32.2. The number of anilines is 1. The molecule has 2 heterocycles. The Morgan fingerprint density at radius 1 is 0.895 bits per heavy atom. The van der Waals surface area contributed by atoms with Crippen LogP contribution in [0.1, 0.15) is 115 Å². The van der Waals surface area contributed by atoms with E-state index in [0.717, 1.165) is 114 Å². The first-order valence-corrected chi connectivity index (χ1v) is 22.8. The minimum atomic E-state index is -4.40. The van der Waals surface area contributed by atoms with Crippen LogP contribution in [0.15, 0.2) is 112 Å². The van der Waals surface area contributed by atoms with Gasteiger partial charge in [0.05, 0.1) is 21.6 Å². The molecule has 0 bridgehead atoms. The van der Waals surface area contributed by atoms with Gasteiger partial charge in [-0.25, -0.2) is 4.79 Å². The number of nitrogens with zero attached hydrogens (tertiary/aromatic N) is 2. The van der Waals surface area contributed by atoms with E-state index >= 15 is 0 Å². The molecular formula is C45H57N2O8S2+. The largest absolute Gasteiger partial charge is 0.478 e. The average molecular weight is 818 g/mol. The monoisotopic (exact) mass is 817 g/mol. The Morgan fingerprint density at radius 2 is 1.58 bits per heavy atom. The van der Waals surface area contributed by atoms with Crippen molar-refractivity contribution in [3.63, 3.8) is 0 Å². The number of carboxylic acid groups (broad SMARTS) is 1. The summed E-state index contributed by atoms with van der Waals surface area (Å²) in [5, 5.41) is 9.70. The van der Waals surface area contributed by atoms with Crippen molar-refractivity contribution in [2.45, 2.75) is 104 Å². The van der Waals surface area contributed by atoms with Gasteiger partial charge in [-0.2, -0.15) is 21.4 Å². The summed E-state index contributed by atoms with van der Waals surface area (Å²) in [4.78, 5) is 13.9. The molecule has 10 nitrogen and oxygen atoms in total. The molecule has 0 saturated carbocycles. The third-order valence-electron chi connectivity index (χ3n) is 11.4. The SMILES string of the molecule is C/C=C1\C(=C/CS(=O)(=O)O)C(C)(C)C(/C=C/C2=C(c3ccc(C(=O)O)cc3)C(=C/C=C3/N(CCCC)c4ccc(S(=O)(=O)O)cc4C3(C)C)/CCC2)=[N+]1CCCC. The van der Waals surface area contributed by atoms with Gasteiger partial charge in [-0.15, -0.1) is 0 Å². The van der Waals surface area contributed by atoms with E-state index in [1.54, 1.807) is 30.3 Å². The van der Waals surface area contributed by atoms with E-state index in [9.17, 15) is 35.8 Å². The van der Waals surface area contributed by atoms with Gasteiger partial charge in [0.1, 0.15) is 6.54 Å². The molecule has 0 atom stereocenters. The van der Waals surface area contributed by atoms with Crippen LogP contribution in [0.4, 0.5) is 5.69 Å². The third-order valence-corrected chi connectivity index (χ3v) is 12.9. The van der Waals surface area contributed by atoms with Crippen molar-refractivity contribution >= 4 is 43.2 Å². The molecule has 0 unspecified atom stereocenters. The number of hydrogen-bond acceptors (Lipinski definition) is 6. The number of unbranched alkanes of at least 4 members (excludes halogenated alkanes) is 2. The lowest BCUT2D eigenvalue weighted by atomic mass is 9.79. The summed E-state index contributed by atoms with van der Waals surface area (Å²) >= 11 is 0. The van der Waals surface area contributed by atoms with E-state index in [4.69, 9.17) is 0 Å². The number of benzene rings is 2. The van der Waals surface area contributed by atoms with Gasteiger partial charge in [-0.3, -0.25) is 9.11 Å². The van der Waals surface area contributed by atoms with E-state index < -0.39 is 42.8 Å². The number of carbonyl (C=O) groups is 1. The first kappa shape index (κ1) is 43.8. The maximum Gasteiger partial charge on any atom is 0.335 e. The van der Waals surface area contributed by atoms with Crippen molar-refractivity contribution < 1.29 is 40.4 Å². The van der Waals surface area contributed by atoms with Crippen molar-refractivity contribution in [2.75, 3.05) is 23.7 Å². The molecule has 0 spiro atoms. The summed E-state index contributed by atoms with van der Waals surface area (Å²) in [6.07, 6.45) is 18.4. The second kappa shape index (κ2) is 17.2. The number of fused-ring (bicyclic) bond motifs is 1. The Morgan fingerprint density at radius 3 is 2.18 bits per heavy atom. The Kier molecular flexibility index (Phi) is 13.2. The predicted octanol–water partition coefficient (Wildman–Crippen LogP) is 9.54. The molecule has 57 heavy (non-hydrogen) atoms. The van der Waals surface area contributed by atoms with Crippen LogP contribution in [0.25, 0.3) is 5.57 Å². The maximum atomic E-state index is 12.2. The Balaban J connectivity index is 1.70. The van der Waals surface area contributed by atoms with Gasteiger partial charge in [0, 0.05) is 41.4 Å². The average Bonchev–Trinajstić information content (AvgIpc) is 3.49. The summed E-state index contributed by atoms with van der Waals surface area (Å²) in [5.74, 6) is -1.48. The molecule has 2 aliphatic heterocycles. The smallest absolute Gasteiger partial charge is 0.335 e. The molecule has 3 aliphatic rings. The zero-order valence-corrected chi connectivity index (χ0v) is 35.8. The van der Waals surface area contributed by atoms with E-state index in [1.165, 1.54) is 6.07 Å². The molecule has 306 valence electrons. The molecule has 0 saturated heterocycles. The predicted molar refractivity (Wildman–Crippen MR) is 228 cm³/mol. The van der Waals surface area contributed by atoms with Crippen LogP contribution in [0, 0.1) is 5.41 Å². The van der Waals surface area contributed by atoms with E-state index in [2.05, 4.69) is 75.3 Å². The number of aromatic carboxylic acids is 1. The highest BCUT2D eigenvalue weighted by molar-refractivity contribution is 7.86. The molecule has 0 aromatic heterocycles. The van der Waals surface area contributed by atoms with Gasteiger partial charge >= 0.3 is 5.97 Å². The summed E-state index contributed by atoms with van der Waals surface area (Å²) in [5.41, 5.74) is 8.61. The molecule has 0 radical (unpaired) electrons. The highest BCUT2D eigenvalue weighted by Crippen LogP contribution is 2.49. The lowest BCUT2D eigenvalue weighted by Crippen LogP contribution is -2.27. The first-order valence-electron chi connectivity index (χ1n) is 19.8. The second-order valence-electron chi connectivity index (χ2n) is 16.1. The quantitative estimate of drug-likeness (QED) is 0.125. The van der Waals surface area contributed by atoms with Crippen LogP contribution >= 0.6 is 0 Å². The molecule has 5 rings (SSSR count). The van der Waals surface area contributed by atoms with E-state index in [1.807, 2.05) is 25.1 Å². The van der Waals surface area contributed by atoms with Gasteiger partial charge in [-0.05, 0) is 117 Å². The second-order valence-corrected chi connectivity index (χ2v) is 19.0. The molecule has 2 aromatic rings. The normalized spacial score (nSPS) is 21.2. The zero-order chi connectivity index (χ0) is 41.9. The number of hydrogen-bond donors (Lipinski definition) is 3. The Bertz CT molecular complexity index is 2360. The molecule has 3 N–H and O–H groups in total. The molecule has 2 aromatic carbocycles. The summed E-state index contributed by atoms with van der Waals surface area (Å²) in [7, 11) is -8.62. The standard InChI is InChI=1S/C45H56N2O8S2/c1-8-11-27-46-38(10-3)36(26-29-56(50,51)52)44(4,5)40(46)24-20-31-14-13-15-32(42(31)33-16-18-34(19-17-33)43(48)49)21-25-41-45(6,7)37-30-35(57(53,54)55)22-23-39(37)47(41)28-12-9-2/h10,16-26,30H,8-9,11-15,27-29H2,1-7H3,(H2-,48,49,50,51,52,53,54,55)/p+1/b36-26+,38-10+. The Hall–Kier alpha value is -4.36. The summed E-state index contributed by atoms with van der Waals surface area (Å²) in [6.45, 7) is 15.9. The van der Waals surface area contributed by atoms with Crippen molar-refractivity contribution in [1.82, 2.24) is 0 Å². The lowest BCUT2D eigenvalue weighted by Gasteiger charge is -2.27. The van der Waals surface area contributed by atoms with Crippen molar-refractivity contribution in [1.29, 1.82) is 0 Å². The minimum absolute atomic E-state index is 0.137. The summed E-state index contributed by atoms with van der Waals surface area (Å²) in [6, 6.07) is 11.8. The van der Waals surface area contributed by atoms with Gasteiger partial charge < -0.3 is 10.0 Å². The van der Waals surface area contributed by atoms with Crippen LogP contribution in [-0.2, 0) is 25.7 Å². The highest BCUT2D eigenvalue weighted by Gasteiger charge is 2.47. The lowest BCUT2D eigenvalue weighted by molar-refractivity contribution is -0.469. The third kappa shape index (κ3) is 9.35. The van der Waals surface area contributed by atoms with Gasteiger partial charge in [0.25, 0.3) is 20.2 Å². The first-order chi connectivity index (χ1) is 26.8. The van der Waals surface area contributed by atoms with Crippen LogP contribution in [0.2, 0.25) is 0 Å². The van der Waals surface area contributed by atoms with Gasteiger partial charge in [0.2, 0.25) is 5.70 Å². The van der Waals surface area contributed by atoms with Crippen molar-refractivity contribution in [3.05, 3.63) is 124 Å². The van der Waals surface area contributed by atoms with Crippen LogP contribution in [-0.4, -0.2) is 66.1 Å². The topological polar surface area (TPSA) is 152 Å². The van der Waals surface area contributed by atoms with Crippen LogP contribution in [0.3, 0.4) is 0 Å². The number of allylic oxidation sites excluding steroid dienone is 10. The molecule has 0 amide bonds. The number of rotatable bonds is 14. The Labute approximate surface area is 338 Å². The number of carboxylic acids is 1. The molecule has 0 fully saturated rings. The van der Waals surface area contributed by atoms with E-state index in [-0.39, 0.29) is 10.5 Å². The molecule has 1 aliphatic carbocycles. The van der Waals surface area contributed by atoms with Crippen LogP contribution < -0.4 is 4.90 Å². The summed E-state index contributed by atoms with van der Waals surface area (Å²) < 4.78 is 69.8. The van der Waals surface area contributed by atoms with Gasteiger partial charge in [0.15, 0.2) is 5.71 Å². The zero-order valence-electron chi connectivity index (χ0n) is 34.2. The fraction of sp³-hybridized carbons (Fsp3) is 0.422. The van der Waals surface area contributed by atoms with Crippen molar-refractivity contribution in [3.8, 4) is 0 Å². The van der Waals surface area contributed by atoms with E-state index in [0.29, 0.717) is 0 Å². The minimum Gasteiger partial charge on any atom is -0.478 e. The molecular weight excluding hydrogens is 761 g/mol.